The van der Waals surface area contributed by atoms with Crippen molar-refractivity contribution in [1.29, 1.82) is 0 Å². The molecule has 0 fully saturated rings. The summed E-state index contributed by atoms with van der Waals surface area (Å²) in [5.74, 6) is 0.823. The molecule has 0 unspecified atom stereocenters. The molecule has 0 aliphatic rings. The third-order valence-electron chi connectivity index (χ3n) is 3.66. The highest BCUT2D eigenvalue weighted by molar-refractivity contribution is 6.68. The van der Waals surface area contributed by atoms with Crippen LogP contribution in [0, 0.1) is 0 Å². The number of hydrogen-bond acceptors (Lipinski definition) is 3. The normalized spacial score (nSPS) is 10.3. The Morgan fingerprint density at radius 2 is 1.12 bits per heavy atom. The van der Waals surface area contributed by atoms with Crippen molar-refractivity contribution in [1.82, 2.24) is 0 Å². The van der Waals surface area contributed by atoms with Gasteiger partial charge in [0.2, 0.25) is 0 Å². The van der Waals surface area contributed by atoms with E-state index in [4.69, 9.17) is 21.1 Å². The fraction of sp³-hybridized carbons (Fsp3) is 0.0952. The summed E-state index contributed by atoms with van der Waals surface area (Å²) < 4.78 is 11.6. The lowest BCUT2D eigenvalue weighted by atomic mass is 10.2. The van der Waals surface area contributed by atoms with E-state index >= 15 is 0 Å². The lowest BCUT2D eigenvalue weighted by Crippen LogP contribution is -2.04. The Labute approximate surface area is 151 Å². The smallest absolute Gasteiger partial charge is 0.259 e. The Bertz CT molecular complexity index is 771. The molecule has 3 rings (SSSR count). The largest absolute Gasteiger partial charge is 0.488 e. The molecule has 0 heterocycles. The molecule has 3 aromatic rings. The number of benzene rings is 3. The topological polar surface area (TPSA) is 35.5 Å². The van der Waals surface area contributed by atoms with Crippen LogP contribution in [0.1, 0.15) is 21.5 Å². The second-order valence-corrected chi connectivity index (χ2v) is 5.79. The van der Waals surface area contributed by atoms with E-state index < -0.39 is 5.24 Å². The molecule has 4 heteroatoms. The average Bonchev–Trinajstić information content (AvgIpc) is 2.66. The van der Waals surface area contributed by atoms with Crippen molar-refractivity contribution >= 4 is 16.8 Å². The van der Waals surface area contributed by atoms with E-state index in [2.05, 4.69) is 0 Å². The standard InChI is InChI=1S/C21H17ClO3/c22-21(23)20-18(24-14-16-8-3-1-4-9-16)12-7-13-19(20)25-15-17-10-5-2-6-11-17/h1-13H,14-15H2. The van der Waals surface area contributed by atoms with Crippen molar-refractivity contribution in [2.75, 3.05) is 0 Å². The number of carbonyl (C=O) groups excluding carboxylic acids is 1. The summed E-state index contributed by atoms with van der Waals surface area (Å²) in [6, 6.07) is 24.7. The molecule has 0 atom stereocenters. The summed E-state index contributed by atoms with van der Waals surface area (Å²) in [5.41, 5.74) is 2.26. The van der Waals surface area contributed by atoms with Crippen LogP contribution in [0.4, 0.5) is 0 Å². The fourth-order valence-corrected chi connectivity index (χ4v) is 2.60. The number of halogens is 1. The van der Waals surface area contributed by atoms with Gasteiger partial charge in [-0.2, -0.15) is 0 Å². The van der Waals surface area contributed by atoms with E-state index in [0.29, 0.717) is 24.7 Å². The Kier molecular flexibility index (Phi) is 5.70. The Morgan fingerprint density at radius 1 is 0.680 bits per heavy atom. The molecule has 0 aliphatic heterocycles. The van der Waals surface area contributed by atoms with Gasteiger partial charge in [0.25, 0.3) is 5.24 Å². The number of rotatable bonds is 7. The highest BCUT2D eigenvalue weighted by atomic mass is 35.5. The maximum atomic E-state index is 11.9. The van der Waals surface area contributed by atoms with Crippen LogP contribution in [0.5, 0.6) is 11.5 Å². The average molecular weight is 353 g/mol. The summed E-state index contributed by atoms with van der Waals surface area (Å²) in [7, 11) is 0. The number of carbonyl (C=O) groups is 1. The molecule has 0 bridgehead atoms. The molecular formula is C21H17ClO3. The van der Waals surface area contributed by atoms with Crippen LogP contribution in [-0.2, 0) is 13.2 Å². The molecule has 3 nitrogen and oxygen atoms in total. The summed E-state index contributed by atoms with van der Waals surface area (Å²) in [6.45, 7) is 0.695. The molecule has 0 spiro atoms. The quantitative estimate of drug-likeness (QED) is 0.546. The first kappa shape index (κ1) is 17.1. The molecule has 126 valence electrons. The first-order valence-corrected chi connectivity index (χ1v) is 8.28. The highest BCUT2D eigenvalue weighted by Gasteiger charge is 2.17. The first-order valence-electron chi connectivity index (χ1n) is 7.90. The van der Waals surface area contributed by atoms with E-state index in [0.717, 1.165) is 11.1 Å². The first-order chi connectivity index (χ1) is 12.2. The third-order valence-corrected chi connectivity index (χ3v) is 3.85. The summed E-state index contributed by atoms with van der Waals surface area (Å²) in [4.78, 5) is 11.9. The zero-order valence-corrected chi connectivity index (χ0v) is 14.3. The second kappa shape index (κ2) is 8.36. The molecule has 0 aliphatic carbocycles. The monoisotopic (exact) mass is 352 g/mol. The molecule has 0 saturated carbocycles. The van der Waals surface area contributed by atoms with E-state index in [1.165, 1.54) is 0 Å². The van der Waals surface area contributed by atoms with Crippen molar-refractivity contribution in [2.45, 2.75) is 13.2 Å². The number of ether oxygens (including phenoxy) is 2. The minimum Gasteiger partial charge on any atom is -0.488 e. The lowest BCUT2D eigenvalue weighted by Gasteiger charge is -2.14. The maximum absolute atomic E-state index is 11.9. The fourth-order valence-electron chi connectivity index (χ4n) is 2.42. The van der Waals surface area contributed by atoms with Crippen LogP contribution >= 0.6 is 11.6 Å². The zero-order chi connectivity index (χ0) is 17.5. The predicted molar refractivity (Wildman–Crippen MR) is 98.2 cm³/mol. The van der Waals surface area contributed by atoms with E-state index in [1.807, 2.05) is 60.7 Å². The van der Waals surface area contributed by atoms with Gasteiger partial charge < -0.3 is 9.47 Å². The van der Waals surface area contributed by atoms with Gasteiger partial charge in [0, 0.05) is 0 Å². The molecule has 0 amide bonds. The Morgan fingerprint density at radius 3 is 1.52 bits per heavy atom. The minimum absolute atomic E-state index is 0.246. The van der Waals surface area contributed by atoms with Crippen LogP contribution in [-0.4, -0.2) is 5.24 Å². The SMILES string of the molecule is O=C(Cl)c1c(OCc2ccccc2)cccc1OCc1ccccc1. The van der Waals surface area contributed by atoms with Gasteiger partial charge in [0.15, 0.2) is 0 Å². The molecule has 25 heavy (non-hydrogen) atoms. The van der Waals surface area contributed by atoms with Crippen molar-refractivity contribution in [2.24, 2.45) is 0 Å². The second-order valence-electron chi connectivity index (χ2n) is 5.45. The zero-order valence-electron chi connectivity index (χ0n) is 13.5. The van der Waals surface area contributed by atoms with E-state index in [9.17, 15) is 4.79 Å². The van der Waals surface area contributed by atoms with Gasteiger partial charge >= 0.3 is 0 Å². The van der Waals surface area contributed by atoms with E-state index in [-0.39, 0.29) is 5.56 Å². The Hall–Kier alpha value is -2.78. The molecular weight excluding hydrogens is 336 g/mol. The van der Waals surface area contributed by atoms with Crippen LogP contribution in [0.2, 0.25) is 0 Å². The van der Waals surface area contributed by atoms with Gasteiger partial charge in [-0.3, -0.25) is 4.79 Å². The molecule has 0 N–H and O–H groups in total. The predicted octanol–water partition coefficient (Wildman–Crippen LogP) is 5.22. The van der Waals surface area contributed by atoms with Crippen LogP contribution in [0.3, 0.4) is 0 Å². The summed E-state index contributed by atoms with van der Waals surface area (Å²) in [6.07, 6.45) is 0. The van der Waals surface area contributed by atoms with Crippen molar-refractivity contribution in [3.63, 3.8) is 0 Å². The van der Waals surface area contributed by atoms with Crippen molar-refractivity contribution < 1.29 is 14.3 Å². The van der Waals surface area contributed by atoms with Gasteiger partial charge in [-0.05, 0) is 34.9 Å². The van der Waals surface area contributed by atoms with Gasteiger partial charge in [0.05, 0.1) is 0 Å². The van der Waals surface area contributed by atoms with Gasteiger partial charge in [-0.1, -0.05) is 66.7 Å². The summed E-state index contributed by atoms with van der Waals surface area (Å²) in [5, 5.41) is -0.605. The van der Waals surface area contributed by atoms with E-state index in [1.54, 1.807) is 18.2 Å². The van der Waals surface area contributed by atoms with Gasteiger partial charge in [-0.15, -0.1) is 0 Å². The van der Waals surface area contributed by atoms with Crippen molar-refractivity contribution in [3.05, 3.63) is 95.6 Å². The molecule has 0 aromatic heterocycles. The lowest BCUT2D eigenvalue weighted by molar-refractivity contribution is 0.107. The molecule has 3 aromatic carbocycles. The minimum atomic E-state index is -0.605. The molecule has 0 radical (unpaired) electrons. The summed E-state index contributed by atoms with van der Waals surface area (Å²) >= 11 is 5.78. The third kappa shape index (κ3) is 4.61. The Balaban J connectivity index is 1.78. The van der Waals surface area contributed by atoms with Gasteiger partial charge in [-0.25, -0.2) is 0 Å². The van der Waals surface area contributed by atoms with Crippen LogP contribution < -0.4 is 9.47 Å². The van der Waals surface area contributed by atoms with Crippen molar-refractivity contribution in [3.8, 4) is 11.5 Å². The van der Waals surface area contributed by atoms with Crippen LogP contribution in [0.15, 0.2) is 78.9 Å². The highest BCUT2D eigenvalue weighted by Crippen LogP contribution is 2.31. The maximum Gasteiger partial charge on any atom is 0.259 e. The van der Waals surface area contributed by atoms with Gasteiger partial charge in [0.1, 0.15) is 30.3 Å². The number of hydrogen-bond donors (Lipinski definition) is 0. The molecule has 0 saturated heterocycles. The van der Waals surface area contributed by atoms with Crippen LogP contribution in [0.25, 0.3) is 0 Å².